The molecule has 0 aliphatic carbocycles. The van der Waals surface area contributed by atoms with Gasteiger partial charge in [0.25, 0.3) is 11.7 Å². The zero-order valence-electron chi connectivity index (χ0n) is 21.0. The molecule has 1 aliphatic rings. The minimum absolute atomic E-state index is 0.0372. The quantitative estimate of drug-likeness (QED) is 0.224. The van der Waals surface area contributed by atoms with E-state index in [-0.39, 0.29) is 11.3 Å². The predicted octanol–water partition coefficient (Wildman–Crippen LogP) is 4.01. The van der Waals surface area contributed by atoms with Gasteiger partial charge in [-0.05, 0) is 50.1 Å². The Hall–Kier alpha value is -3.52. The number of benzene rings is 2. The fourth-order valence-corrected chi connectivity index (χ4v) is 4.17. The Balaban J connectivity index is 2.15. The van der Waals surface area contributed by atoms with E-state index in [0.29, 0.717) is 49.8 Å². The maximum atomic E-state index is 13.2. The molecule has 1 aliphatic heterocycles. The van der Waals surface area contributed by atoms with Crippen LogP contribution in [-0.2, 0) is 14.3 Å². The molecule has 1 saturated heterocycles. The smallest absolute Gasteiger partial charge is 0.295 e. The molecular formula is C27H34N2O6. The maximum absolute atomic E-state index is 13.2. The van der Waals surface area contributed by atoms with E-state index in [1.54, 1.807) is 25.3 Å². The Bertz CT molecular complexity index is 1080. The van der Waals surface area contributed by atoms with Crippen molar-refractivity contribution < 1.29 is 28.9 Å². The van der Waals surface area contributed by atoms with Crippen LogP contribution in [0.15, 0.2) is 48.0 Å². The summed E-state index contributed by atoms with van der Waals surface area (Å²) >= 11 is 0. The summed E-state index contributed by atoms with van der Waals surface area (Å²) in [6.45, 7) is 5.31. The van der Waals surface area contributed by atoms with E-state index >= 15 is 0 Å². The van der Waals surface area contributed by atoms with Crippen molar-refractivity contribution in [1.82, 2.24) is 4.90 Å². The third-order valence-corrected chi connectivity index (χ3v) is 5.83. The third kappa shape index (κ3) is 5.59. The van der Waals surface area contributed by atoms with Crippen molar-refractivity contribution in [3.05, 3.63) is 59.2 Å². The van der Waals surface area contributed by atoms with Gasteiger partial charge in [-0.2, -0.15) is 0 Å². The number of nitrogens with zero attached hydrogens (tertiary/aromatic N) is 2. The lowest BCUT2D eigenvalue weighted by atomic mass is 9.94. The number of likely N-dealkylation sites (tertiary alicyclic amines) is 1. The summed E-state index contributed by atoms with van der Waals surface area (Å²) in [5, 5.41) is 11.4. The van der Waals surface area contributed by atoms with Crippen LogP contribution in [0.1, 0.15) is 37.4 Å². The summed E-state index contributed by atoms with van der Waals surface area (Å²) in [6, 6.07) is 11.9. The van der Waals surface area contributed by atoms with Gasteiger partial charge in [-0.25, -0.2) is 0 Å². The maximum Gasteiger partial charge on any atom is 0.295 e. The highest BCUT2D eigenvalue weighted by Crippen LogP contribution is 2.42. The van der Waals surface area contributed by atoms with Crippen molar-refractivity contribution in [3.63, 3.8) is 0 Å². The fraction of sp³-hybridized carbons (Fsp3) is 0.407. The van der Waals surface area contributed by atoms with E-state index in [1.165, 1.54) is 4.90 Å². The number of methoxy groups -OCH3 is 1. The molecule has 1 fully saturated rings. The first kappa shape index (κ1) is 26.1. The summed E-state index contributed by atoms with van der Waals surface area (Å²) in [6.07, 6.45) is 0.559. The number of hydrogen-bond donors (Lipinski definition) is 1. The standard InChI is InChI=1S/C27H34N2O6/c1-6-34-20-13-14-21(22(17-20)35-7-2)25(30)23-24(18-9-11-19(12-10-18)28(3)4)29(15-8-16-33-5)27(32)26(23)31/h9-14,17,24,30H,6-8,15-16H2,1-5H3/b25-23-. The monoisotopic (exact) mass is 482 g/mol. The van der Waals surface area contributed by atoms with Gasteiger partial charge in [0.1, 0.15) is 17.3 Å². The fourth-order valence-electron chi connectivity index (χ4n) is 4.17. The third-order valence-electron chi connectivity index (χ3n) is 5.83. The van der Waals surface area contributed by atoms with E-state index in [1.807, 2.05) is 57.1 Å². The molecule has 8 heteroatoms. The first-order valence-electron chi connectivity index (χ1n) is 11.8. The van der Waals surface area contributed by atoms with Gasteiger partial charge < -0.3 is 29.1 Å². The summed E-state index contributed by atoms with van der Waals surface area (Å²) in [7, 11) is 5.47. The number of ether oxygens (including phenoxy) is 3. The second-order valence-corrected chi connectivity index (χ2v) is 8.35. The molecule has 0 saturated carbocycles. The van der Waals surface area contributed by atoms with Crippen molar-refractivity contribution in [3.8, 4) is 11.5 Å². The molecule has 1 amide bonds. The van der Waals surface area contributed by atoms with Crippen molar-refractivity contribution in [2.75, 3.05) is 52.5 Å². The average Bonchev–Trinajstić information content (AvgIpc) is 3.09. The highest BCUT2D eigenvalue weighted by atomic mass is 16.5. The highest BCUT2D eigenvalue weighted by molar-refractivity contribution is 6.46. The second kappa shape index (κ2) is 11.8. The van der Waals surface area contributed by atoms with E-state index < -0.39 is 17.7 Å². The molecule has 8 nitrogen and oxygen atoms in total. The Morgan fingerprint density at radius 1 is 1.03 bits per heavy atom. The lowest BCUT2D eigenvalue weighted by molar-refractivity contribution is -0.140. The molecule has 1 N–H and O–H groups in total. The van der Waals surface area contributed by atoms with Crippen LogP contribution >= 0.6 is 0 Å². The molecule has 3 rings (SSSR count). The minimum Gasteiger partial charge on any atom is -0.507 e. The van der Waals surface area contributed by atoms with Gasteiger partial charge in [0.15, 0.2) is 0 Å². The van der Waals surface area contributed by atoms with Crippen molar-refractivity contribution in [2.24, 2.45) is 0 Å². The number of anilines is 1. The molecule has 2 aromatic carbocycles. The second-order valence-electron chi connectivity index (χ2n) is 8.35. The minimum atomic E-state index is -0.732. The van der Waals surface area contributed by atoms with Crippen LogP contribution in [0.25, 0.3) is 5.76 Å². The van der Waals surface area contributed by atoms with Gasteiger partial charge in [-0.1, -0.05) is 12.1 Å². The van der Waals surface area contributed by atoms with Crippen LogP contribution < -0.4 is 14.4 Å². The number of ketones is 1. The van der Waals surface area contributed by atoms with Crippen LogP contribution in [0.4, 0.5) is 5.69 Å². The Kier molecular flexibility index (Phi) is 8.76. The number of carbonyl (C=O) groups is 2. The number of aliphatic hydroxyl groups excluding tert-OH is 1. The van der Waals surface area contributed by atoms with Gasteiger partial charge in [0, 0.05) is 46.1 Å². The SMILES string of the molecule is CCOc1ccc(/C(O)=C2/C(=O)C(=O)N(CCCOC)C2c2ccc(N(C)C)cc2)c(OCC)c1. The van der Waals surface area contributed by atoms with E-state index in [2.05, 4.69) is 0 Å². The van der Waals surface area contributed by atoms with Crippen LogP contribution in [0.2, 0.25) is 0 Å². The molecule has 1 unspecified atom stereocenters. The molecule has 1 atom stereocenters. The predicted molar refractivity (Wildman–Crippen MR) is 135 cm³/mol. The van der Waals surface area contributed by atoms with Gasteiger partial charge in [-0.15, -0.1) is 0 Å². The topological polar surface area (TPSA) is 88.5 Å². The highest BCUT2D eigenvalue weighted by Gasteiger charge is 2.46. The van der Waals surface area contributed by atoms with Crippen molar-refractivity contribution in [2.45, 2.75) is 26.3 Å². The molecule has 0 bridgehead atoms. The van der Waals surface area contributed by atoms with Crippen molar-refractivity contribution >= 4 is 23.1 Å². The number of aliphatic hydroxyl groups is 1. The first-order chi connectivity index (χ1) is 16.8. The Labute approximate surface area is 206 Å². The van der Waals surface area contributed by atoms with Crippen LogP contribution in [0, 0.1) is 0 Å². The zero-order valence-corrected chi connectivity index (χ0v) is 21.0. The summed E-state index contributed by atoms with van der Waals surface area (Å²) < 4.78 is 16.5. The molecule has 2 aromatic rings. The first-order valence-corrected chi connectivity index (χ1v) is 11.8. The number of Topliss-reactive ketones (excluding diaryl/α,β-unsaturated/α-hetero) is 1. The number of rotatable bonds is 11. The Morgan fingerprint density at radius 3 is 2.31 bits per heavy atom. The molecule has 188 valence electrons. The van der Waals surface area contributed by atoms with Gasteiger partial charge in [0.2, 0.25) is 0 Å². The normalized spacial score (nSPS) is 17.1. The summed E-state index contributed by atoms with van der Waals surface area (Å²) in [5.74, 6) is -0.677. The average molecular weight is 483 g/mol. The van der Waals surface area contributed by atoms with Crippen LogP contribution in [0.3, 0.4) is 0 Å². The molecule has 0 aromatic heterocycles. The van der Waals surface area contributed by atoms with Crippen LogP contribution in [-0.4, -0.2) is 69.3 Å². The molecule has 1 heterocycles. The lowest BCUT2D eigenvalue weighted by Gasteiger charge is -2.26. The van der Waals surface area contributed by atoms with Gasteiger partial charge >= 0.3 is 0 Å². The number of carbonyl (C=O) groups excluding carboxylic acids is 2. The van der Waals surface area contributed by atoms with Crippen LogP contribution in [0.5, 0.6) is 11.5 Å². The van der Waals surface area contributed by atoms with Gasteiger partial charge in [-0.3, -0.25) is 9.59 Å². The molecule has 35 heavy (non-hydrogen) atoms. The number of hydrogen-bond acceptors (Lipinski definition) is 7. The summed E-state index contributed by atoms with van der Waals surface area (Å²) in [5.41, 5.74) is 2.09. The van der Waals surface area contributed by atoms with E-state index in [9.17, 15) is 14.7 Å². The largest absolute Gasteiger partial charge is 0.507 e. The molecule has 0 radical (unpaired) electrons. The van der Waals surface area contributed by atoms with Crippen molar-refractivity contribution in [1.29, 1.82) is 0 Å². The Morgan fingerprint density at radius 2 is 1.71 bits per heavy atom. The summed E-state index contributed by atoms with van der Waals surface area (Å²) in [4.78, 5) is 29.8. The number of amides is 1. The zero-order chi connectivity index (χ0) is 25.5. The molecular weight excluding hydrogens is 448 g/mol. The lowest BCUT2D eigenvalue weighted by Crippen LogP contribution is -2.31. The van der Waals surface area contributed by atoms with E-state index in [0.717, 1.165) is 11.3 Å². The van der Waals surface area contributed by atoms with E-state index in [4.69, 9.17) is 14.2 Å². The molecule has 0 spiro atoms. The van der Waals surface area contributed by atoms with Gasteiger partial charge in [0.05, 0.1) is 30.4 Å².